The Kier molecular flexibility index (Phi) is 11.4. The lowest BCUT2D eigenvalue weighted by molar-refractivity contribution is -0.146. The number of carbonyl (C=O) groups is 4. The first-order valence-electron chi connectivity index (χ1n) is 17.6. The van der Waals surface area contributed by atoms with E-state index in [9.17, 15) is 33.1 Å². The number of carboxylic acids is 1. The van der Waals surface area contributed by atoms with Crippen molar-refractivity contribution in [2.75, 3.05) is 31.5 Å². The lowest BCUT2D eigenvalue weighted by atomic mass is 9.89. The highest BCUT2D eigenvalue weighted by atomic mass is 35.5. The SMILES string of the molecule is CC(C)(C)OC(=O)N1CCC(CC(C(=O)N2CCC(C(=O)O)CC2)n2cc(NC(=O)c3cnn4cccnc34)c(-c3cc(Cl)ccc3OC(F)F)n2)CC1. The lowest BCUT2D eigenvalue weighted by Crippen LogP contribution is -2.45. The number of rotatable bonds is 10. The topological polar surface area (TPSA) is 173 Å². The van der Waals surface area contributed by atoms with E-state index in [1.165, 1.54) is 46.0 Å². The van der Waals surface area contributed by atoms with Gasteiger partial charge in [0, 0.05) is 49.2 Å². The van der Waals surface area contributed by atoms with Crippen LogP contribution in [-0.2, 0) is 14.3 Å². The minimum Gasteiger partial charge on any atom is -0.481 e. The molecule has 4 aromatic rings. The number of carboxylic acid groups (broad SMARTS) is 1. The molecular weight excluding hydrogens is 730 g/mol. The quantitative estimate of drug-likeness (QED) is 0.195. The number of hydrogen-bond acceptors (Lipinski definition) is 9. The second-order valence-corrected chi connectivity index (χ2v) is 14.8. The van der Waals surface area contributed by atoms with Crippen molar-refractivity contribution >= 4 is 46.8 Å². The lowest BCUT2D eigenvalue weighted by Gasteiger charge is -2.36. The minimum atomic E-state index is -3.19. The molecule has 5 heterocycles. The van der Waals surface area contributed by atoms with E-state index in [0.29, 0.717) is 25.9 Å². The van der Waals surface area contributed by atoms with E-state index in [0.717, 1.165) is 0 Å². The molecule has 1 atom stereocenters. The molecule has 288 valence electrons. The van der Waals surface area contributed by atoms with Crippen LogP contribution in [0.15, 0.2) is 49.1 Å². The summed E-state index contributed by atoms with van der Waals surface area (Å²) in [7, 11) is 0. The van der Waals surface area contributed by atoms with Crippen LogP contribution in [0.3, 0.4) is 0 Å². The predicted octanol–water partition coefficient (Wildman–Crippen LogP) is 6.00. The number of ether oxygens (including phenoxy) is 2. The van der Waals surface area contributed by atoms with Gasteiger partial charge in [-0.2, -0.15) is 19.0 Å². The van der Waals surface area contributed by atoms with Gasteiger partial charge >= 0.3 is 18.7 Å². The van der Waals surface area contributed by atoms with Crippen LogP contribution >= 0.6 is 11.6 Å². The average molecular weight is 771 g/mol. The number of carbonyl (C=O) groups excluding carboxylic acids is 3. The van der Waals surface area contributed by atoms with E-state index in [1.807, 2.05) is 0 Å². The van der Waals surface area contributed by atoms with E-state index >= 15 is 0 Å². The second kappa shape index (κ2) is 16.0. The van der Waals surface area contributed by atoms with Crippen molar-refractivity contribution in [3.05, 3.63) is 59.6 Å². The Bertz CT molecular complexity index is 2020. The number of anilines is 1. The molecule has 18 heteroatoms. The Labute approximate surface area is 314 Å². The molecule has 0 spiro atoms. The van der Waals surface area contributed by atoms with Gasteiger partial charge in [0.1, 0.15) is 28.6 Å². The van der Waals surface area contributed by atoms with Crippen LogP contribution in [0.4, 0.5) is 19.3 Å². The number of aromatic nitrogens is 5. The Morgan fingerprint density at radius 2 is 1.76 bits per heavy atom. The van der Waals surface area contributed by atoms with Gasteiger partial charge in [0.2, 0.25) is 5.91 Å². The molecule has 2 aliphatic rings. The van der Waals surface area contributed by atoms with Crippen LogP contribution in [0.2, 0.25) is 5.02 Å². The monoisotopic (exact) mass is 770 g/mol. The molecule has 3 amide bonds. The van der Waals surface area contributed by atoms with Crippen molar-refractivity contribution in [3.63, 3.8) is 0 Å². The maximum Gasteiger partial charge on any atom is 0.410 e. The third kappa shape index (κ3) is 8.89. The molecule has 0 aliphatic carbocycles. The maximum atomic E-state index is 14.4. The van der Waals surface area contributed by atoms with Gasteiger partial charge < -0.3 is 29.7 Å². The van der Waals surface area contributed by atoms with Gasteiger partial charge in [-0.3, -0.25) is 19.1 Å². The molecule has 1 aromatic carbocycles. The first-order valence-corrected chi connectivity index (χ1v) is 18.0. The first kappa shape index (κ1) is 38.4. The summed E-state index contributed by atoms with van der Waals surface area (Å²) in [6, 6.07) is 4.71. The fraction of sp³-hybridized carbons (Fsp3) is 0.472. The van der Waals surface area contributed by atoms with Crippen LogP contribution in [0.5, 0.6) is 5.75 Å². The van der Waals surface area contributed by atoms with Crippen molar-refractivity contribution in [1.29, 1.82) is 0 Å². The van der Waals surface area contributed by atoms with Crippen LogP contribution in [0, 0.1) is 11.8 Å². The third-order valence-electron chi connectivity index (χ3n) is 9.50. The highest BCUT2D eigenvalue weighted by molar-refractivity contribution is 6.31. The number of halogens is 3. The number of nitrogens with one attached hydrogen (secondary N) is 1. The molecule has 2 N–H and O–H groups in total. The Balaban J connectivity index is 1.37. The summed E-state index contributed by atoms with van der Waals surface area (Å²) in [5, 5.41) is 21.5. The van der Waals surface area contributed by atoms with E-state index < -0.39 is 42.1 Å². The smallest absolute Gasteiger partial charge is 0.410 e. The van der Waals surface area contributed by atoms with Gasteiger partial charge in [-0.1, -0.05) is 11.6 Å². The van der Waals surface area contributed by atoms with Crippen molar-refractivity contribution < 1.29 is 42.5 Å². The maximum absolute atomic E-state index is 14.4. The number of hydrogen-bond donors (Lipinski definition) is 2. The number of aliphatic carboxylic acids is 1. The van der Waals surface area contributed by atoms with E-state index in [1.54, 1.807) is 42.8 Å². The number of benzene rings is 1. The van der Waals surface area contributed by atoms with Crippen LogP contribution < -0.4 is 10.1 Å². The number of piperidine rings is 2. The largest absolute Gasteiger partial charge is 0.481 e. The minimum absolute atomic E-state index is 0.00747. The summed E-state index contributed by atoms with van der Waals surface area (Å²) < 4.78 is 40.4. The summed E-state index contributed by atoms with van der Waals surface area (Å²) in [6.07, 6.45) is 7.45. The zero-order chi connectivity index (χ0) is 38.7. The Hall–Kier alpha value is -5.32. The molecule has 0 bridgehead atoms. The zero-order valence-electron chi connectivity index (χ0n) is 30.0. The fourth-order valence-corrected chi connectivity index (χ4v) is 6.95. The van der Waals surface area contributed by atoms with E-state index in [-0.39, 0.29) is 83.1 Å². The molecule has 1 unspecified atom stereocenters. The molecule has 2 aliphatic heterocycles. The van der Waals surface area contributed by atoms with Crippen LogP contribution in [0.1, 0.15) is 69.3 Å². The molecule has 0 radical (unpaired) electrons. The van der Waals surface area contributed by atoms with Crippen molar-refractivity contribution in [2.45, 2.75) is 71.1 Å². The van der Waals surface area contributed by atoms with Crippen molar-refractivity contribution in [2.24, 2.45) is 11.8 Å². The molecule has 2 saturated heterocycles. The first-order chi connectivity index (χ1) is 25.7. The van der Waals surface area contributed by atoms with Gasteiger partial charge in [-0.15, -0.1) is 0 Å². The third-order valence-corrected chi connectivity index (χ3v) is 9.74. The van der Waals surface area contributed by atoms with Gasteiger partial charge in [-0.25, -0.2) is 14.3 Å². The molecular formula is C36H41ClF2N8O7. The summed E-state index contributed by atoms with van der Waals surface area (Å²) in [6.45, 7) is 3.42. The summed E-state index contributed by atoms with van der Waals surface area (Å²) in [5.41, 5.74) is -0.157. The van der Waals surface area contributed by atoms with Gasteiger partial charge in [-0.05, 0) is 83.1 Å². The van der Waals surface area contributed by atoms with Crippen LogP contribution in [0.25, 0.3) is 16.9 Å². The molecule has 3 aromatic heterocycles. The predicted molar refractivity (Wildman–Crippen MR) is 191 cm³/mol. The van der Waals surface area contributed by atoms with Crippen molar-refractivity contribution in [3.8, 4) is 17.0 Å². The summed E-state index contributed by atoms with van der Waals surface area (Å²) in [4.78, 5) is 60.1. The Morgan fingerprint density at radius 3 is 2.43 bits per heavy atom. The molecule has 2 fully saturated rings. The normalized spacial score (nSPS) is 16.4. The number of nitrogens with zero attached hydrogens (tertiary/aromatic N) is 7. The average Bonchev–Trinajstić information content (AvgIpc) is 3.75. The standard InChI is InChI=1S/C36H41ClF2N8O7/c1-36(2,3)54-35(52)45-13-7-21(8-14-45)17-27(32(49)44-15-9-22(10-16-44)33(50)51)47-20-26(42-31(48)25-19-41-46-12-4-11-40-30(25)46)29(43-47)24-18-23(37)5-6-28(24)53-34(38)39/h4-6,11-12,18-22,27,34H,7-10,13-17H2,1-3H3,(H,42,48)(H,50,51). The number of fused-ring (bicyclic) bond motifs is 1. The number of alkyl halides is 2. The van der Waals surface area contributed by atoms with E-state index in [2.05, 4.69) is 15.4 Å². The fourth-order valence-electron chi connectivity index (χ4n) is 6.78. The summed E-state index contributed by atoms with van der Waals surface area (Å²) in [5.74, 6) is -2.75. The molecule has 6 rings (SSSR count). The highest BCUT2D eigenvalue weighted by Gasteiger charge is 2.36. The second-order valence-electron chi connectivity index (χ2n) is 14.4. The zero-order valence-corrected chi connectivity index (χ0v) is 30.7. The van der Waals surface area contributed by atoms with Gasteiger partial charge in [0.15, 0.2) is 5.65 Å². The Morgan fingerprint density at radius 1 is 1.06 bits per heavy atom. The van der Waals surface area contributed by atoms with Crippen LogP contribution in [-0.4, -0.2) is 102 Å². The van der Waals surface area contributed by atoms with E-state index in [4.69, 9.17) is 26.2 Å². The molecule has 54 heavy (non-hydrogen) atoms. The molecule has 0 saturated carbocycles. The van der Waals surface area contributed by atoms with Gasteiger partial charge in [0.05, 0.1) is 24.0 Å². The number of likely N-dealkylation sites (tertiary alicyclic amines) is 2. The highest BCUT2D eigenvalue weighted by Crippen LogP contribution is 2.39. The summed E-state index contributed by atoms with van der Waals surface area (Å²) >= 11 is 6.34. The van der Waals surface area contributed by atoms with Gasteiger partial charge in [0.25, 0.3) is 5.91 Å². The van der Waals surface area contributed by atoms with Crippen molar-refractivity contribution in [1.82, 2.24) is 34.2 Å². The number of amides is 3. The molecule has 15 nitrogen and oxygen atoms in total.